The zero-order valence-electron chi connectivity index (χ0n) is 15.0. The highest BCUT2D eigenvalue weighted by molar-refractivity contribution is 5.62. The van der Waals surface area contributed by atoms with Gasteiger partial charge in [-0.15, -0.1) is 0 Å². The zero-order chi connectivity index (χ0) is 17.9. The minimum absolute atomic E-state index is 0.0594. The molecule has 0 spiro atoms. The van der Waals surface area contributed by atoms with Gasteiger partial charge in [0.25, 0.3) is 0 Å². The number of fused-ring (bicyclic) bond motifs is 1. The van der Waals surface area contributed by atoms with Gasteiger partial charge in [-0.3, -0.25) is 0 Å². The molecule has 1 aromatic carbocycles. The molecule has 0 aromatic heterocycles. The molecular weight excluding hydrogens is 316 g/mol. The van der Waals surface area contributed by atoms with Gasteiger partial charge in [-0.25, -0.2) is 0 Å². The second-order valence-corrected chi connectivity index (χ2v) is 7.81. The molecule has 5 nitrogen and oxygen atoms in total. The Morgan fingerprint density at radius 3 is 2.96 bits per heavy atom. The van der Waals surface area contributed by atoms with Gasteiger partial charge in [-0.05, 0) is 49.1 Å². The van der Waals surface area contributed by atoms with E-state index in [2.05, 4.69) is 24.2 Å². The van der Waals surface area contributed by atoms with Crippen molar-refractivity contribution >= 4 is 6.21 Å². The third-order valence-electron chi connectivity index (χ3n) is 6.48. The Morgan fingerprint density at radius 1 is 1.36 bits per heavy atom. The lowest BCUT2D eigenvalue weighted by Gasteiger charge is -2.48. The molecule has 2 fully saturated rings. The Bertz CT molecular complexity index is 621. The van der Waals surface area contributed by atoms with Gasteiger partial charge in [-0.2, -0.15) is 0 Å². The Labute approximate surface area is 149 Å². The van der Waals surface area contributed by atoms with Crippen LogP contribution in [-0.4, -0.2) is 35.2 Å². The van der Waals surface area contributed by atoms with Gasteiger partial charge in [-0.1, -0.05) is 36.3 Å². The molecule has 3 rings (SSSR count). The van der Waals surface area contributed by atoms with Crippen molar-refractivity contribution in [3.63, 3.8) is 0 Å². The minimum Gasteiger partial charge on any atom is -0.395 e. The van der Waals surface area contributed by atoms with Gasteiger partial charge in [0, 0.05) is 24.1 Å². The number of nitrogens with zero attached hydrogens (tertiary/aromatic N) is 1. The second kappa shape index (κ2) is 7.44. The van der Waals surface area contributed by atoms with E-state index in [0.29, 0.717) is 19.1 Å². The van der Waals surface area contributed by atoms with Crippen LogP contribution in [0.1, 0.15) is 56.1 Å². The monoisotopic (exact) mass is 346 g/mol. The van der Waals surface area contributed by atoms with Gasteiger partial charge >= 0.3 is 0 Å². The van der Waals surface area contributed by atoms with E-state index in [1.807, 2.05) is 18.3 Å². The molecule has 0 radical (unpaired) electrons. The van der Waals surface area contributed by atoms with Crippen LogP contribution in [0.4, 0.5) is 0 Å². The molecule has 1 aromatic rings. The van der Waals surface area contributed by atoms with Crippen molar-refractivity contribution in [2.75, 3.05) is 13.2 Å². The number of aliphatic hydroxyl groups excluding tert-OH is 1. The van der Waals surface area contributed by atoms with Crippen LogP contribution in [0.25, 0.3) is 0 Å². The molecule has 0 bridgehead atoms. The quantitative estimate of drug-likeness (QED) is 0.420. The molecule has 2 aliphatic rings. The summed E-state index contributed by atoms with van der Waals surface area (Å²) in [7, 11) is 0. The fourth-order valence-electron chi connectivity index (χ4n) is 4.77. The standard InChI is InChI=1S/C20H30N2O3/c1-19-7-5-17(16-4-2-3-15(11-16)14-23)12-20(19,24)8-6-18(19)13-22-25-10-9-21/h2-4,11,13,17-18,23-24H,5-10,12,14,21H2,1H3/b22-13+/t17-,18+,19+,20-/m0/s1. The summed E-state index contributed by atoms with van der Waals surface area (Å²) in [5.74, 6) is 0.578. The fourth-order valence-corrected chi connectivity index (χ4v) is 4.77. The van der Waals surface area contributed by atoms with Crippen molar-refractivity contribution in [1.29, 1.82) is 0 Å². The largest absolute Gasteiger partial charge is 0.395 e. The molecule has 0 heterocycles. The van der Waals surface area contributed by atoms with Crippen LogP contribution in [0, 0.1) is 11.3 Å². The molecule has 2 aliphatic carbocycles. The lowest BCUT2D eigenvalue weighted by molar-refractivity contribution is -0.0959. The maximum atomic E-state index is 11.4. The number of rotatable bonds is 6. The average Bonchev–Trinajstić information content (AvgIpc) is 2.89. The summed E-state index contributed by atoms with van der Waals surface area (Å²) in [6.45, 7) is 3.13. The predicted octanol–water partition coefficient (Wildman–Crippen LogP) is 2.55. The lowest BCUT2D eigenvalue weighted by atomic mass is 9.59. The summed E-state index contributed by atoms with van der Waals surface area (Å²) >= 11 is 0. The van der Waals surface area contributed by atoms with Crippen LogP contribution in [-0.2, 0) is 11.4 Å². The third-order valence-corrected chi connectivity index (χ3v) is 6.48. The highest BCUT2D eigenvalue weighted by Crippen LogP contribution is 2.60. The molecule has 4 atom stereocenters. The average molecular weight is 346 g/mol. The summed E-state index contributed by atoms with van der Waals surface area (Å²) in [6, 6.07) is 8.13. The van der Waals surface area contributed by atoms with E-state index >= 15 is 0 Å². The molecule has 138 valence electrons. The number of benzene rings is 1. The van der Waals surface area contributed by atoms with Crippen LogP contribution >= 0.6 is 0 Å². The zero-order valence-corrected chi connectivity index (χ0v) is 15.0. The van der Waals surface area contributed by atoms with Crippen molar-refractivity contribution in [2.45, 2.75) is 57.2 Å². The van der Waals surface area contributed by atoms with Gasteiger partial charge in [0.2, 0.25) is 0 Å². The van der Waals surface area contributed by atoms with Crippen molar-refractivity contribution in [2.24, 2.45) is 22.2 Å². The first-order valence-corrected chi connectivity index (χ1v) is 9.30. The predicted molar refractivity (Wildman–Crippen MR) is 98.2 cm³/mol. The van der Waals surface area contributed by atoms with Crippen molar-refractivity contribution < 1.29 is 15.1 Å². The first-order chi connectivity index (χ1) is 12.0. The molecule has 0 amide bonds. The van der Waals surface area contributed by atoms with E-state index < -0.39 is 5.60 Å². The van der Waals surface area contributed by atoms with Crippen molar-refractivity contribution in [1.82, 2.24) is 0 Å². The summed E-state index contributed by atoms with van der Waals surface area (Å²) in [5.41, 5.74) is 6.75. The summed E-state index contributed by atoms with van der Waals surface area (Å²) < 4.78 is 0. The van der Waals surface area contributed by atoms with Crippen LogP contribution in [0.3, 0.4) is 0 Å². The van der Waals surface area contributed by atoms with E-state index in [1.165, 1.54) is 5.56 Å². The van der Waals surface area contributed by atoms with Crippen LogP contribution < -0.4 is 5.73 Å². The van der Waals surface area contributed by atoms with Crippen LogP contribution in [0.5, 0.6) is 0 Å². The highest BCUT2D eigenvalue weighted by atomic mass is 16.6. The van der Waals surface area contributed by atoms with Gasteiger partial charge < -0.3 is 20.8 Å². The third kappa shape index (κ3) is 3.46. The molecule has 2 saturated carbocycles. The Kier molecular flexibility index (Phi) is 5.46. The first-order valence-electron chi connectivity index (χ1n) is 9.30. The van der Waals surface area contributed by atoms with Crippen molar-refractivity contribution in [3.8, 4) is 0 Å². The summed E-state index contributed by atoms with van der Waals surface area (Å²) in [6.07, 6.45) is 6.39. The van der Waals surface area contributed by atoms with E-state index in [1.54, 1.807) is 0 Å². The SMILES string of the molecule is C[C@]12CC[C@H](c3cccc(CO)c3)C[C@@]1(O)CC[C@@H]2/C=N/OCCN. The van der Waals surface area contributed by atoms with E-state index in [-0.39, 0.29) is 17.9 Å². The smallest absolute Gasteiger partial charge is 0.129 e. The second-order valence-electron chi connectivity index (χ2n) is 7.81. The molecular formula is C20H30N2O3. The number of hydrogen-bond donors (Lipinski definition) is 3. The topological polar surface area (TPSA) is 88.1 Å². The van der Waals surface area contributed by atoms with Crippen LogP contribution in [0.15, 0.2) is 29.4 Å². The first kappa shape index (κ1) is 18.4. The molecule has 0 saturated heterocycles. The molecule has 0 aliphatic heterocycles. The normalized spacial score (nSPS) is 35.0. The van der Waals surface area contributed by atoms with E-state index in [0.717, 1.165) is 37.7 Å². The number of aliphatic hydroxyl groups is 2. The van der Waals surface area contributed by atoms with E-state index in [9.17, 15) is 10.2 Å². The summed E-state index contributed by atoms with van der Waals surface area (Å²) in [5, 5.41) is 24.9. The number of oxime groups is 1. The molecule has 4 N–H and O–H groups in total. The van der Waals surface area contributed by atoms with Gasteiger partial charge in [0.1, 0.15) is 6.61 Å². The number of nitrogens with two attached hydrogens (primary N) is 1. The molecule has 25 heavy (non-hydrogen) atoms. The molecule has 0 unspecified atom stereocenters. The minimum atomic E-state index is -0.671. The fraction of sp³-hybridized carbons (Fsp3) is 0.650. The van der Waals surface area contributed by atoms with Crippen molar-refractivity contribution in [3.05, 3.63) is 35.4 Å². The maximum Gasteiger partial charge on any atom is 0.129 e. The van der Waals surface area contributed by atoms with Gasteiger partial charge in [0.15, 0.2) is 0 Å². The Morgan fingerprint density at radius 2 is 2.20 bits per heavy atom. The van der Waals surface area contributed by atoms with Gasteiger partial charge in [0.05, 0.1) is 12.2 Å². The summed E-state index contributed by atoms with van der Waals surface area (Å²) in [4.78, 5) is 5.16. The number of hydrogen-bond acceptors (Lipinski definition) is 5. The Hall–Kier alpha value is -1.43. The van der Waals surface area contributed by atoms with E-state index in [4.69, 9.17) is 10.6 Å². The Balaban J connectivity index is 1.73. The molecule has 5 heteroatoms. The highest BCUT2D eigenvalue weighted by Gasteiger charge is 2.58. The maximum absolute atomic E-state index is 11.4. The lowest BCUT2D eigenvalue weighted by Crippen LogP contribution is -2.49. The van der Waals surface area contributed by atoms with Crippen LogP contribution in [0.2, 0.25) is 0 Å².